The van der Waals surface area contributed by atoms with Crippen molar-refractivity contribution in [3.63, 3.8) is 0 Å². The van der Waals surface area contributed by atoms with Crippen molar-refractivity contribution in [1.82, 2.24) is 0 Å². The first kappa shape index (κ1) is 72.7. The van der Waals surface area contributed by atoms with Crippen molar-refractivity contribution in [2.45, 2.75) is 251 Å². The molecule has 0 aliphatic carbocycles. The summed E-state index contributed by atoms with van der Waals surface area (Å²) >= 11 is 0. The van der Waals surface area contributed by atoms with Crippen LogP contribution in [0.1, 0.15) is 245 Å². The second-order valence-electron chi connectivity index (χ2n) is 21.3. The third kappa shape index (κ3) is 59.9. The summed E-state index contributed by atoms with van der Waals surface area (Å²) in [6, 6.07) is 0. The molecule has 0 heterocycles. The molecule has 2 atom stereocenters. The summed E-state index contributed by atoms with van der Waals surface area (Å²) < 4.78 is 34.6. The molecule has 9 nitrogen and oxygen atoms in total. The number of nitrogens with zero attached hydrogens (tertiary/aromatic N) is 1. The molecule has 0 bridgehead atoms. The van der Waals surface area contributed by atoms with Gasteiger partial charge in [0.05, 0.1) is 27.7 Å². The summed E-state index contributed by atoms with van der Waals surface area (Å²) in [6.45, 7) is 4.20. The smallest absolute Gasteiger partial charge is 0.462 e. The van der Waals surface area contributed by atoms with Crippen molar-refractivity contribution >= 4 is 19.8 Å². The summed E-state index contributed by atoms with van der Waals surface area (Å²) in [5, 5.41) is 0. The van der Waals surface area contributed by atoms with Gasteiger partial charge < -0.3 is 18.9 Å². The molecule has 1 N–H and O–H groups in total. The third-order valence-electron chi connectivity index (χ3n) is 12.8. The lowest BCUT2D eigenvalue weighted by Gasteiger charge is -2.24. The number of rotatable bonds is 55. The Hall–Kier alpha value is -3.33. The minimum atomic E-state index is -4.39. The zero-order valence-electron chi connectivity index (χ0n) is 49.5. The van der Waals surface area contributed by atoms with Crippen molar-refractivity contribution in [2.75, 3.05) is 47.5 Å². The predicted octanol–water partition coefficient (Wildman–Crippen LogP) is 19.4. The number of esters is 2. The van der Waals surface area contributed by atoms with Gasteiger partial charge in [-0.2, -0.15) is 0 Å². The standard InChI is InChI=1S/C66H114NO8P/c1-6-8-10-12-14-16-18-20-22-24-25-26-27-28-29-30-31-32-33-34-35-36-37-38-39-40-41-43-45-47-49-51-53-55-57-59-66(69)75-64(63-74-76(70,71)73-61-60-67(3,4)5)62-72-65(68)58-56-54-52-50-48-46-44-42-23-21-19-17-15-13-11-9-7-2/h8-11,14-17,20-23,25-26,28-29,31-32,64H,6-7,12-13,18-19,24,27,30,33-63H2,1-5H3/p+1/b10-8-,11-9-,16-14-,17-15-,22-20-,23-21-,26-25-,29-28-,32-31-. The number of unbranched alkanes of at least 4 members (excludes halogenated alkanes) is 23. The fourth-order valence-corrected chi connectivity index (χ4v) is 8.89. The maximum absolute atomic E-state index is 12.8. The molecule has 0 aromatic rings. The molecule has 0 radical (unpaired) electrons. The number of hydrogen-bond donors (Lipinski definition) is 1. The largest absolute Gasteiger partial charge is 0.472 e. The van der Waals surface area contributed by atoms with Crippen molar-refractivity contribution in [2.24, 2.45) is 0 Å². The molecule has 2 unspecified atom stereocenters. The Kier molecular flexibility index (Phi) is 53.9. The number of phosphoric ester groups is 1. The molecule has 436 valence electrons. The molecule has 0 saturated heterocycles. The van der Waals surface area contributed by atoms with Crippen molar-refractivity contribution in [3.8, 4) is 0 Å². The predicted molar refractivity (Wildman–Crippen MR) is 325 cm³/mol. The second-order valence-corrected chi connectivity index (χ2v) is 22.8. The summed E-state index contributed by atoms with van der Waals surface area (Å²) in [5.41, 5.74) is 0. The van der Waals surface area contributed by atoms with Crippen LogP contribution in [-0.4, -0.2) is 74.9 Å². The van der Waals surface area contributed by atoms with Crippen LogP contribution in [0.5, 0.6) is 0 Å². The molecular weight excluding hydrogens is 966 g/mol. The number of likely N-dealkylation sites (N-methyl/N-ethyl adjacent to an activating group) is 1. The van der Waals surface area contributed by atoms with E-state index in [0.29, 0.717) is 17.4 Å². The zero-order chi connectivity index (χ0) is 55.6. The minimum absolute atomic E-state index is 0.0261. The van der Waals surface area contributed by atoms with Gasteiger partial charge in [0.2, 0.25) is 0 Å². The Bertz CT molecular complexity index is 1650. The molecule has 0 aliphatic rings. The number of phosphoric acid groups is 1. The molecule has 0 aromatic carbocycles. The number of allylic oxidation sites excluding steroid dienone is 18. The fraction of sp³-hybridized carbons (Fsp3) is 0.697. The number of carbonyl (C=O) groups excluding carboxylic acids is 2. The van der Waals surface area contributed by atoms with Crippen LogP contribution in [0.15, 0.2) is 109 Å². The Labute approximate surface area is 467 Å². The van der Waals surface area contributed by atoms with Gasteiger partial charge in [0.1, 0.15) is 19.8 Å². The first-order valence-corrected chi connectivity index (χ1v) is 32.1. The van der Waals surface area contributed by atoms with Crippen LogP contribution < -0.4 is 0 Å². The van der Waals surface area contributed by atoms with Gasteiger partial charge in [-0.25, -0.2) is 4.57 Å². The number of ether oxygens (including phenoxy) is 2. The molecule has 0 fully saturated rings. The zero-order valence-corrected chi connectivity index (χ0v) is 50.3. The Morgan fingerprint density at radius 3 is 1.05 bits per heavy atom. The van der Waals surface area contributed by atoms with Crippen LogP contribution in [0.4, 0.5) is 0 Å². The highest BCUT2D eigenvalue weighted by atomic mass is 31.2. The van der Waals surface area contributed by atoms with Crippen LogP contribution in [0.2, 0.25) is 0 Å². The summed E-state index contributed by atoms with van der Waals surface area (Å²) in [4.78, 5) is 35.7. The van der Waals surface area contributed by atoms with E-state index in [9.17, 15) is 19.0 Å². The lowest BCUT2D eigenvalue weighted by Crippen LogP contribution is -2.37. The van der Waals surface area contributed by atoms with Crippen LogP contribution in [0, 0.1) is 0 Å². The van der Waals surface area contributed by atoms with E-state index in [2.05, 4.69) is 123 Å². The molecular formula is C66H115NO8P+. The summed E-state index contributed by atoms with van der Waals surface area (Å²) in [6.07, 6.45) is 78.8. The molecule has 76 heavy (non-hydrogen) atoms. The van der Waals surface area contributed by atoms with Crippen LogP contribution in [0.3, 0.4) is 0 Å². The van der Waals surface area contributed by atoms with E-state index < -0.39 is 26.5 Å². The Morgan fingerprint density at radius 2 is 0.711 bits per heavy atom. The highest BCUT2D eigenvalue weighted by Crippen LogP contribution is 2.43. The summed E-state index contributed by atoms with van der Waals surface area (Å²) in [5.74, 6) is -0.809. The monoisotopic (exact) mass is 1080 g/mol. The van der Waals surface area contributed by atoms with E-state index in [1.165, 1.54) is 103 Å². The van der Waals surface area contributed by atoms with E-state index in [4.69, 9.17) is 18.5 Å². The van der Waals surface area contributed by atoms with Gasteiger partial charge in [-0.05, 0) is 96.3 Å². The van der Waals surface area contributed by atoms with Gasteiger partial charge >= 0.3 is 19.8 Å². The highest BCUT2D eigenvalue weighted by Gasteiger charge is 2.27. The first-order chi connectivity index (χ1) is 37.0. The number of carbonyl (C=O) groups is 2. The van der Waals surface area contributed by atoms with Gasteiger partial charge in [-0.3, -0.25) is 18.6 Å². The highest BCUT2D eigenvalue weighted by molar-refractivity contribution is 7.47. The van der Waals surface area contributed by atoms with Gasteiger partial charge in [0, 0.05) is 12.8 Å². The molecule has 10 heteroatoms. The molecule has 0 amide bonds. The molecule has 0 aliphatic heterocycles. The van der Waals surface area contributed by atoms with Gasteiger partial charge in [-0.15, -0.1) is 0 Å². The third-order valence-corrected chi connectivity index (χ3v) is 13.8. The lowest BCUT2D eigenvalue weighted by atomic mass is 10.0. The minimum Gasteiger partial charge on any atom is -0.462 e. The van der Waals surface area contributed by atoms with Crippen LogP contribution >= 0.6 is 7.82 Å². The van der Waals surface area contributed by atoms with Gasteiger partial charge in [0.25, 0.3) is 0 Å². The molecule has 0 rings (SSSR count). The van der Waals surface area contributed by atoms with Crippen molar-refractivity contribution in [3.05, 3.63) is 109 Å². The number of hydrogen-bond acceptors (Lipinski definition) is 7. The Morgan fingerprint density at radius 1 is 0.408 bits per heavy atom. The topological polar surface area (TPSA) is 108 Å². The normalized spacial score (nSPS) is 14.0. The maximum Gasteiger partial charge on any atom is 0.472 e. The van der Waals surface area contributed by atoms with E-state index in [-0.39, 0.29) is 32.0 Å². The molecule has 0 saturated carbocycles. The van der Waals surface area contributed by atoms with E-state index in [1.807, 2.05) is 21.1 Å². The fourth-order valence-electron chi connectivity index (χ4n) is 8.15. The Balaban J connectivity index is 4.07. The second kappa shape index (κ2) is 56.4. The SMILES string of the molecule is CC/C=C\C/C=C\C/C=C\C/C=C\C/C=C\C/C=C\CCCCCCCCCCCCCCCCCCC(=O)OC(COC(=O)CCCCCCCCC/C=C\C/C=C\C/C=C\CC)COP(=O)(O)OCC[N+](C)(C)C. The van der Waals surface area contributed by atoms with E-state index in [1.54, 1.807) is 0 Å². The van der Waals surface area contributed by atoms with Crippen LogP contribution in [-0.2, 0) is 32.7 Å². The maximum atomic E-state index is 12.8. The number of quaternary nitrogens is 1. The summed E-state index contributed by atoms with van der Waals surface area (Å²) in [7, 11) is 1.46. The van der Waals surface area contributed by atoms with Crippen LogP contribution in [0.25, 0.3) is 0 Å². The van der Waals surface area contributed by atoms with Crippen molar-refractivity contribution < 1.29 is 42.1 Å². The van der Waals surface area contributed by atoms with Gasteiger partial charge in [-0.1, -0.05) is 245 Å². The quantitative estimate of drug-likeness (QED) is 0.0211. The lowest BCUT2D eigenvalue weighted by molar-refractivity contribution is -0.870. The average molecular weight is 1080 g/mol. The van der Waals surface area contributed by atoms with E-state index in [0.717, 1.165) is 109 Å². The van der Waals surface area contributed by atoms with Gasteiger partial charge in [0.15, 0.2) is 6.10 Å². The average Bonchev–Trinajstić information content (AvgIpc) is 3.38. The van der Waals surface area contributed by atoms with Crippen molar-refractivity contribution in [1.29, 1.82) is 0 Å². The molecule has 0 spiro atoms. The first-order valence-electron chi connectivity index (χ1n) is 30.6. The van der Waals surface area contributed by atoms with E-state index >= 15 is 0 Å². The molecule has 0 aromatic heterocycles.